The summed E-state index contributed by atoms with van der Waals surface area (Å²) in [6.45, 7) is 11.6. The fraction of sp³-hybridized carbons (Fsp3) is 0.654. The van der Waals surface area contributed by atoms with Gasteiger partial charge >= 0.3 is 6.03 Å². The van der Waals surface area contributed by atoms with Gasteiger partial charge in [-0.05, 0) is 29.4 Å². The van der Waals surface area contributed by atoms with E-state index in [-0.39, 0.29) is 6.03 Å². The van der Waals surface area contributed by atoms with E-state index in [2.05, 4.69) is 73.5 Å². The van der Waals surface area contributed by atoms with Crippen molar-refractivity contribution in [1.82, 2.24) is 14.8 Å². The molecule has 32 heavy (non-hydrogen) atoms. The number of benzene rings is 1. The molecule has 0 spiro atoms. The van der Waals surface area contributed by atoms with Crippen molar-refractivity contribution in [3.63, 3.8) is 0 Å². The number of carbonyl (C=O) groups is 1. The Hall–Kier alpha value is -2.37. The summed E-state index contributed by atoms with van der Waals surface area (Å²) in [5.74, 6) is 1.13. The van der Waals surface area contributed by atoms with Crippen LogP contribution < -0.4 is 10.6 Å². The van der Waals surface area contributed by atoms with Crippen LogP contribution in [0.25, 0.3) is 0 Å². The number of nitrogens with zero attached hydrogens (tertiary/aromatic N) is 3. The van der Waals surface area contributed by atoms with Gasteiger partial charge in [0.2, 0.25) is 5.95 Å². The van der Waals surface area contributed by atoms with Gasteiger partial charge in [-0.3, -0.25) is 5.32 Å². The molecule has 0 atom stereocenters. The maximum absolute atomic E-state index is 12.8. The molecule has 0 aliphatic heterocycles. The second kappa shape index (κ2) is 13.9. The van der Waals surface area contributed by atoms with E-state index in [4.69, 9.17) is 0 Å². The molecule has 2 amide bonds. The topological polar surface area (TPSA) is 71.8 Å². The van der Waals surface area contributed by atoms with Crippen molar-refractivity contribution in [3.8, 4) is 0 Å². The Morgan fingerprint density at radius 3 is 2.00 bits per heavy atom. The van der Waals surface area contributed by atoms with Crippen LogP contribution in [0.2, 0.25) is 0 Å². The van der Waals surface area contributed by atoms with Gasteiger partial charge < -0.3 is 5.32 Å². The second-order valence-electron chi connectivity index (χ2n) is 9.34. The van der Waals surface area contributed by atoms with Crippen molar-refractivity contribution in [2.75, 3.05) is 10.6 Å². The third-order valence-electron chi connectivity index (χ3n) is 5.93. The predicted molar refractivity (Wildman–Crippen MR) is 135 cm³/mol. The zero-order chi connectivity index (χ0) is 23.3. The van der Waals surface area contributed by atoms with E-state index in [9.17, 15) is 4.79 Å². The van der Waals surface area contributed by atoms with Gasteiger partial charge in [-0.1, -0.05) is 104 Å². The number of unbranched alkanes of at least 4 members (excludes halogenated alkanes) is 8. The zero-order valence-electron chi connectivity index (χ0n) is 20.8. The highest BCUT2D eigenvalue weighted by Gasteiger charge is 2.17. The normalized spacial score (nSPS) is 11.3. The number of amides is 2. The molecule has 0 saturated carbocycles. The Morgan fingerprint density at radius 1 is 0.875 bits per heavy atom. The van der Waals surface area contributed by atoms with Gasteiger partial charge in [-0.25, -0.2) is 9.48 Å². The number of nitrogens with one attached hydrogen (secondary N) is 2. The molecule has 6 nitrogen and oxygen atoms in total. The van der Waals surface area contributed by atoms with Crippen LogP contribution in [0.5, 0.6) is 0 Å². The molecule has 0 saturated heterocycles. The van der Waals surface area contributed by atoms with Crippen LogP contribution in [0.15, 0.2) is 24.5 Å². The van der Waals surface area contributed by atoms with Gasteiger partial charge in [0.15, 0.2) is 0 Å². The fourth-order valence-electron chi connectivity index (χ4n) is 4.04. The van der Waals surface area contributed by atoms with Gasteiger partial charge in [0.1, 0.15) is 6.33 Å². The molecule has 0 unspecified atom stereocenters. The summed E-state index contributed by atoms with van der Waals surface area (Å²) in [6.07, 6.45) is 13.0. The summed E-state index contributed by atoms with van der Waals surface area (Å²) in [5, 5.41) is 10.3. The van der Waals surface area contributed by atoms with E-state index in [0.29, 0.717) is 17.8 Å². The van der Waals surface area contributed by atoms with Gasteiger partial charge in [-0.15, -0.1) is 0 Å². The minimum absolute atomic E-state index is 0.277. The maximum atomic E-state index is 12.8. The molecule has 2 N–H and O–H groups in total. The smallest absolute Gasteiger partial charge is 0.307 e. The number of rotatable bonds is 14. The van der Waals surface area contributed by atoms with E-state index >= 15 is 0 Å². The number of carbonyl (C=O) groups excluding carboxylic acids is 1. The molecule has 1 aromatic heterocycles. The second-order valence-corrected chi connectivity index (χ2v) is 9.34. The SMILES string of the molecule is CCCCCCCCCCCn1ncnc1NC(=O)Nc1c(C(C)C)cccc1C(C)C. The highest BCUT2D eigenvalue weighted by molar-refractivity contribution is 6.00. The van der Waals surface area contributed by atoms with E-state index in [0.717, 1.165) is 29.8 Å². The molecular weight excluding hydrogens is 398 g/mol. The van der Waals surface area contributed by atoms with E-state index < -0.39 is 0 Å². The van der Waals surface area contributed by atoms with Crippen LogP contribution in [-0.2, 0) is 6.54 Å². The van der Waals surface area contributed by atoms with Crippen LogP contribution in [-0.4, -0.2) is 20.8 Å². The standard InChI is InChI=1S/C26H43N5O/c1-6-7-8-9-10-11-12-13-14-18-31-25(27-19-28-31)30-26(32)29-24-22(20(2)3)16-15-17-23(24)21(4)5/h15-17,19-21H,6-14,18H2,1-5H3,(H2,27,28,29,30,32). The third-order valence-corrected chi connectivity index (χ3v) is 5.93. The number of hydrogen-bond acceptors (Lipinski definition) is 3. The lowest BCUT2D eigenvalue weighted by atomic mass is 9.93. The molecular formula is C26H43N5O. The van der Waals surface area contributed by atoms with Crippen LogP contribution >= 0.6 is 0 Å². The number of hydrogen-bond donors (Lipinski definition) is 2. The maximum Gasteiger partial charge on any atom is 0.326 e. The lowest BCUT2D eigenvalue weighted by Gasteiger charge is -2.20. The lowest BCUT2D eigenvalue weighted by molar-refractivity contribution is 0.261. The quantitative estimate of drug-likeness (QED) is 0.295. The summed E-state index contributed by atoms with van der Waals surface area (Å²) in [5.41, 5.74) is 3.19. The van der Waals surface area contributed by atoms with Crippen molar-refractivity contribution < 1.29 is 4.79 Å². The first kappa shape index (κ1) is 25.9. The minimum atomic E-state index is -0.277. The predicted octanol–water partition coefficient (Wildman–Crippen LogP) is 7.70. The summed E-state index contributed by atoms with van der Waals surface area (Å²) in [6, 6.07) is 5.95. The molecule has 0 radical (unpaired) electrons. The first-order chi connectivity index (χ1) is 15.4. The molecule has 6 heteroatoms. The molecule has 2 rings (SSSR count). The van der Waals surface area contributed by atoms with Crippen LogP contribution in [0.4, 0.5) is 16.4 Å². The van der Waals surface area contributed by atoms with Gasteiger partial charge in [0, 0.05) is 12.2 Å². The lowest BCUT2D eigenvalue weighted by Crippen LogP contribution is -2.24. The first-order valence-corrected chi connectivity index (χ1v) is 12.5. The molecule has 0 fully saturated rings. The Morgan fingerprint density at radius 2 is 1.44 bits per heavy atom. The summed E-state index contributed by atoms with van der Waals surface area (Å²) in [7, 11) is 0. The number of aryl methyl sites for hydroxylation is 1. The van der Waals surface area contributed by atoms with E-state index in [1.54, 1.807) is 4.68 Å². The van der Waals surface area contributed by atoms with Gasteiger partial charge in [0.05, 0.1) is 0 Å². The number of aromatic nitrogens is 3. The highest BCUT2D eigenvalue weighted by atomic mass is 16.2. The molecule has 0 bridgehead atoms. The largest absolute Gasteiger partial charge is 0.326 e. The fourth-order valence-corrected chi connectivity index (χ4v) is 4.04. The Balaban J connectivity index is 1.85. The average Bonchev–Trinajstić information content (AvgIpc) is 3.19. The van der Waals surface area contributed by atoms with Gasteiger partial charge in [0.25, 0.3) is 0 Å². The molecule has 0 aliphatic carbocycles. The number of para-hydroxylation sites is 1. The highest BCUT2D eigenvalue weighted by Crippen LogP contribution is 2.32. The van der Waals surface area contributed by atoms with Crippen molar-refractivity contribution in [2.45, 2.75) is 111 Å². The number of urea groups is 1. The minimum Gasteiger partial charge on any atom is -0.307 e. The van der Waals surface area contributed by atoms with E-state index in [1.165, 1.54) is 57.7 Å². The van der Waals surface area contributed by atoms with E-state index in [1.807, 2.05) is 0 Å². The monoisotopic (exact) mass is 441 g/mol. The Kier molecular flexibility index (Phi) is 11.3. The molecule has 0 aliphatic rings. The first-order valence-electron chi connectivity index (χ1n) is 12.5. The molecule has 178 valence electrons. The van der Waals surface area contributed by atoms with Crippen LogP contribution in [0, 0.1) is 0 Å². The van der Waals surface area contributed by atoms with Crippen molar-refractivity contribution in [3.05, 3.63) is 35.7 Å². The third kappa shape index (κ3) is 8.29. The van der Waals surface area contributed by atoms with Crippen molar-refractivity contribution >= 4 is 17.7 Å². The summed E-state index contributed by atoms with van der Waals surface area (Å²) < 4.78 is 1.79. The van der Waals surface area contributed by atoms with Crippen molar-refractivity contribution in [2.24, 2.45) is 0 Å². The average molecular weight is 442 g/mol. The summed E-state index contributed by atoms with van der Waals surface area (Å²) in [4.78, 5) is 17.1. The Labute approximate surface area is 194 Å². The molecule has 1 heterocycles. The Bertz CT molecular complexity index is 786. The number of anilines is 2. The molecule has 2 aromatic rings. The van der Waals surface area contributed by atoms with Crippen LogP contribution in [0.1, 0.15) is 115 Å². The summed E-state index contributed by atoms with van der Waals surface area (Å²) >= 11 is 0. The molecule has 1 aromatic carbocycles. The van der Waals surface area contributed by atoms with Crippen LogP contribution in [0.3, 0.4) is 0 Å². The van der Waals surface area contributed by atoms with Crippen molar-refractivity contribution in [1.29, 1.82) is 0 Å². The van der Waals surface area contributed by atoms with Gasteiger partial charge in [-0.2, -0.15) is 10.1 Å². The zero-order valence-corrected chi connectivity index (χ0v) is 20.8.